The van der Waals surface area contributed by atoms with E-state index < -0.39 is 11.6 Å². The third-order valence-corrected chi connectivity index (χ3v) is 4.34. The van der Waals surface area contributed by atoms with Gasteiger partial charge in [-0.3, -0.25) is 9.59 Å². The summed E-state index contributed by atoms with van der Waals surface area (Å²) in [7, 11) is 0. The SMILES string of the molecule is CCNC(=O)c1ccn(-c2cc(-c3c(F)cccc3F)nc3c2C(=O)NC3)n1. The first-order valence-electron chi connectivity index (χ1n) is 8.60. The van der Waals surface area contributed by atoms with E-state index in [9.17, 15) is 18.4 Å². The van der Waals surface area contributed by atoms with Crippen LogP contribution in [0.3, 0.4) is 0 Å². The molecule has 0 unspecified atom stereocenters. The molecule has 1 aliphatic heterocycles. The number of pyridine rings is 1. The van der Waals surface area contributed by atoms with Gasteiger partial charge in [-0.25, -0.2) is 18.4 Å². The summed E-state index contributed by atoms with van der Waals surface area (Å²) in [5.74, 6) is -2.26. The fourth-order valence-corrected chi connectivity index (χ4v) is 3.09. The molecule has 0 bridgehead atoms. The van der Waals surface area contributed by atoms with E-state index in [1.54, 1.807) is 6.92 Å². The van der Waals surface area contributed by atoms with Crippen LogP contribution in [0.15, 0.2) is 36.5 Å². The average Bonchev–Trinajstić information content (AvgIpc) is 3.29. The fraction of sp³-hybridized carbons (Fsp3) is 0.158. The van der Waals surface area contributed by atoms with E-state index in [1.807, 2.05) is 0 Å². The van der Waals surface area contributed by atoms with E-state index in [0.717, 1.165) is 12.1 Å². The van der Waals surface area contributed by atoms with Gasteiger partial charge in [-0.2, -0.15) is 5.10 Å². The number of carbonyl (C=O) groups excluding carboxylic acids is 2. The van der Waals surface area contributed by atoms with Gasteiger partial charge >= 0.3 is 0 Å². The maximum atomic E-state index is 14.3. The quantitative estimate of drug-likeness (QED) is 0.723. The number of halogens is 2. The largest absolute Gasteiger partial charge is 0.351 e. The highest BCUT2D eigenvalue weighted by atomic mass is 19.1. The Morgan fingerprint density at radius 3 is 2.71 bits per heavy atom. The van der Waals surface area contributed by atoms with E-state index in [-0.39, 0.29) is 46.6 Å². The summed E-state index contributed by atoms with van der Waals surface area (Å²) in [5.41, 5.74) is 0.803. The van der Waals surface area contributed by atoms with E-state index >= 15 is 0 Å². The zero-order chi connectivity index (χ0) is 19.8. The molecule has 28 heavy (non-hydrogen) atoms. The third-order valence-electron chi connectivity index (χ3n) is 4.34. The summed E-state index contributed by atoms with van der Waals surface area (Å²) in [4.78, 5) is 28.5. The standard InChI is InChI=1S/C19H15F2N5O2/c1-2-22-18(27)12-6-7-26(25-12)15-8-13(16-10(20)4-3-5-11(16)21)24-14-9-23-19(28)17(14)15/h3-8H,2,9H2,1H3,(H,22,27)(H,23,28). The fourth-order valence-electron chi connectivity index (χ4n) is 3.09. The minimum Gasteiger partial charge on any atom is -0.351 e. The van der Waals surface area contributed by atoms with Crippen molar-refractivity contribution in [3.63, 3.8) is 0 Å². The third kappa shape index (κ3) is 2.90. The topological polar surface area (TPSA) is 88.9 Å². The summed E-state index contributed by atoms with van der Waals surface area (Å²) >= 11 is 0. The van der Waals surface area contributed by atoms with Crippen LogP contribution in [-0.2, 0) is 6.54 Å². The molecule has 0 aliphatic carbocycles. The number of nitrogens with one attached hydrogen (secondary N) is 2. The number of fused-ring (bicyclic) bond motifs is 1. The predicted octanol–water partition coefficient (Wildman–Crippen LogP) is 2.21. The average molecular weight is 383 g/mol. The Morgan fingerprint density at radius 2 is 2.00 bits per heavy atom. The number of hydrogen-bond donors (Lipinski definition) is 2. The van der Waals surface area contributed by atoms with Crippen LogP contribution < -0.4 is 10.6 Å². The Kier molecular flexibility index (Phi) is 4.34. The Labute approximate surface area is 158 Å². The minimum atomic E-state index is -0.765. The normalized spacial score (nSPS) is 12.6. The van der Waals surface area contributed by atoms with Crippen molar-refractivity contribution >= 4 is 11.8 Å². The molecule has 0 fully saturated rings. The van der Waals surface area contributed by atoms with Gasteiger partial charge in [0.15, 0.2) is 5.69 Å². The van der Waals surface area contributed by atoms with Gasteiger partial charge in [-0.05, 0) is 31.2 Å². The maximum absolute atomic E-state index is 14.3. The monoisotopic (exact) mass is 383 g/mol. The number of benzene rings is 1. The lowest BCUT2D eigenvalue weighted by Crippen LogP contribution is -2.23. The molecule has 2 amide bonds. The van der Waals surface area contributed by atoms with Gasteiger partial charge in [0.1, 0.15) is 11.6 Å². The Balaban J connectivity index is 1.89. The summed E-state index contributed by atoms with van der Waals surface area (Å²) < 4.78 is 29.8. The highest BCUT2D eigenvalue weighted by Crippen LogP contribution is 2.30. The molecule has 1 aliphatic rings. The number of hydrogen-bond acceptors (Lipinski definition) is 4. The Bertz CT molecular complexity index is 1090. The van der Waals surface area contributed by atoms with Crippen LogP contribution >= 0.6 is 0 Å². The van der Waals surface area contributed by atoms with E-state index in [1.165, 1.54) is 29.1 Å². The number of aromatic nitrogens is 3. The van der Waals surface area contributed by atoms with Crippen molar-refractivity contribution in [3.8, 4) is 16.9 Å². The number of amides is 2. The number of carbonyl (C=O) groups is 2. The second-order valence-corrected chi connectivity index (χ2v) is 6.13. The zero-order valence-electron chi connectivity index (χ0n) is 14.8. The smallest absolute Gasteiger partial charge is 0.271 e. The first-order valence-corrected chi connectivity index (χ1v) is 8.60. The molecule has 142 valence electrons. The molecule has 0 saturated carbocycles. The lowest BCUT2D eigenvalue weighted by molar-refractivity contribution is 0.0948. The van der Waals surface area contributed by atoms with Crippen LogP contribution in [-0.4, -0.2) is 33.1 Å². The second kappa shape index (κ2) is 6.84. The van der Waals surface area contributed by atoms with Crippen molar-refractivity contribution < 1.29 is 18.4 Å². The molecule has 7 nitrogen and oxygen atoms in total. The lowest BCUT2D eigenvalue weighted by Gasteiger charge is -2.11. The van der Waals surface area contributed by atoms with Crippen LogP contribution in [0.1, 0.15) is 33.5 Å². The summed E-state index contributed by atoms with van der Waals surface area (Å²) in [5, 5.41) is 9.48. The maximum Gasteiger partial charge on any atom is 0.271 e. The summed E-state index contributed by atoms with van der Waals surface area (Å²) in [6.07, 6.45) is 1.51. The zero-order valence-corrected chi connectivity index (χ0v) is 14.8. The first kappa shape index (κ1) is 17.8. The summed E-state index contributed by atoms with van der Waals surface area (Å²) in [6, 6.07) is 6.42. The van der Waals surface area contributed by atoms with Gasteiger partial charge in [0.05, 0.1) is 34.7 Å². The molecule has 3 heterocycles. The number of rotatable bonds is 4. The minimum absolute atomic E-state index is 0.0379. The molecule has 0 spiro atoms. The molecular formula is C19H15F2N5O2. The van der Waals surface area contributed by atoms with Gasteiger partial charge in [-0.1, -0.05) is 6.07 Å². The second-order valence-electron chi connectivity index (χ2n) is 6.13. The van der Waals surface area contributed by atoms with E-state index in [4.69, 9.17) is 0 Å². The van der Waals surface area contributed by atoms with Crippen LogP contribution in [0.5, 0.6) is 0 Å². The van der Waals surface area contributed by atoms with Crippen molar-refractivity contribution in [1.29, 1.82) is 0 Å². The van der Waals surface area contributed by atoms with Crippen molar-refractivity contribution in [2.75, 3.05) is 6.54 Å². The van der Waals surface area contributed by atoms with Gasteiger partial charge in [-0.15, -0.1) is 0 Å². The first-order chi connectivity index (χ1) is 13.5. The van der Waals surface area contributed by atoms with Crippen LogP contribution in [0, 0.1) is 11.6 Å². The van der Waals surface area contributed by atoms with E-state index in [2.05, 4.69) is 20.7 Å². The van der Waals surface area contributed by atoms with Crippen molar-refractivity contribution in [3.05, 3.63) is 65.1 Å². The van der Waals surface area contributed by atoms with Crippen LogP contribution in [0.25, 0.3) is 16.9 Å². The van der Waals surface area contributed by atoms with Gasteiger partial charge in [0.25, 0.3) is 11.8 Å². The molecule has 2 N–H and O–H groups in total. The highest BCUT2D eigenvalue weighted by molar-refractivity contribution is 6.01. The Morgan fingerprint density at radius 1 is 1.25 bits per heavy atom. The molecule has 1 aromatic carbocycles. The van der Waals surface area contributed by atoms with Crippen molar-refractivity contribution in [2.24, 2.45) is 0 Å². The number of nitrogens with zero attached hydrogens (tertiary/aromatic N) is 3. The molecule has 0 atom stereocenters. The molecule has 9 heteroatoms. The van der Waals surface area contributed by atoms with Gasteiger partial charge in [0.2, 0.25) is 0 Å². The molecule has 2 aromatic heterocycles. The molecular weight excluding hydrogens is 368 g/mol. The Hall–Kier alpha value is -3.62. The van der Waals surface area contributed by atoms with Crippen LogP contribution in [0.2, 0.25) is 0 Å². The van der Waals surface area contributed by atoms with Crippen LogP contribution in [0.4, 0.5) is 8.78 Å². The molecule has 3 aromatic rings. The lowest BCUT2D eigenvalue weighted by atomic mass is 10.1. The van der Waals surface area contributed by atoms with Crippen molar-refractivity contribution in [2.45, 2.75) is 13.5 Å². The highest BCUT2D eigenvalue weighted by Gasteiger charge is 2.28. The molecule has 4 rings (SSSR count). The van der Waals surface area contributed by atoms with Gasteiger partial charge in [0, 0.05) is 12.7 Å². The van der Waals surface area contributed by atoms with E-state index in [0.29, 0.717) is 12.2 Å². The van der Waals surface area contributed by atoms with Gasteiger partial charge < -0.3 is 10.6 Å². The molecule has 0 saturated heterocycles. The summed E-state index contributed by atoms with van der Waals surface area (Å²) in [6.45, 7) is 2.36. The predicted molar refractivity (Wildman–Crippen MR) is 95.9 cm³/mol. The molecule has 0 radical (unpaired) electrons. The van der Waals surface area contributed by atoms with Crippen molar-refractivity contribution in [1.82, 2.24) is 25.4 Å².